The van der Waals surface area contributed by atoms with Gasteiger partial charge in [0.15, 0.2) is 11.4 Å². The number of hydrogen-bond donors (Lipinski definition) is 2. The van der Waals surface area contributed by atoms with Gasteiger partial charge in [0.25, 0.3) is 5.91 Å². The summed E-state index contributed by atoms with van der Waals surface area (Å²) in [5, 5.41) is 14.2. The topological polar surface area (TPSA) is 71.5 Å². The highest BCUT2D eigenvalue weighted by Crippen LogP contribution is 2.37. The Morgan fingerprint density at radius 3 is 2.67 bits per heavy atom. The van der Waals surface area contributed by atoms with Crippen molar-refractivity contribution < 1.29 is 14.6 Å². The average Bonchev–Trinajstić information content (AvgIpc) is 2.59. The quantitative estimate of drug-likeness (QED) is 0.770. The van der Waals surface area contributed by atoms with E-state index in [-0.39, 0.29) is 18.0 Å². The van der Waals surface area contributed by atoms with Crippen LogP contribution in [0.2, 0.25) is 0 Å². The summed E-state index contributed by atoms with van der Waals surface area (Å²) >= 11 is 0. The number of carbonyl (C=O) groups excluding carboxylic acids is 1. The molecule has 0 fully saturated rings. The first-order valence-electron chi connectivity index (χ1n) is 7.54. The summed E-state index contributed by atoms with van der Waals surface area (Å²) in [5.74, 6) is 0.632. The number of nitrogens with zero attached hydrogens (tertiary/aromatic N) is 1. The summed E-state index contributed by atoms with van der Waals surface area (Å²) in [4.78, 5) is 16.3. The molecular formula is C19H17N2O3. The van der Waals surface area contributed by atoms with Gasteiger partial charge in [-0.3, -0.25) is 4.79 Å². The Morgan fingerprint density at radius 1 is 1.21 bits per heavy atom. The second-order valence-corrected chi connectivity index (χ2v) is 5.24. The van der Waals surface area contributed by atoms with Gasteiger partial charge in [-0.15, -0.1) is 0 Å². The minimum Gasteiger partial charge on any atom is -0.505 e. The van der Waals surface area contributed by atoms with Crippen LogP contribution in [0.25, 0.3) is 10.8 Å². The smallest absolute Gasteiger partial charge is 0.273 e. The van der Waals surface area contributed by atoms with Crippen LogP contribution in [0.3, 0.4) is 0 Å². The zero-order valence-corrected chi connectivity index (χ0v) is 13.2. The van der Waals surface area contributed by atoms with Crippen molar-refractivity contribution in [1.29, 1.82) is 0 Å². The molecule has 0 saturated carbocycles. The highest BCUT2D eigenvalue weighted by Gasteiger charge is 2.19. The van der Waals surface area contributed by atoms with Gasteiger partial charge in [-0.25, -0.2) is 4.98 Å². The van der Waals surface area contributed by atoms with E-state index in [4.69, 9.17) is 4.74 Å². The van der Waals surface area contributed by atoms with Crippen LogP contribution in [0.15, 0.2) is 48.5 Å². The van der Waals surface area contributed by atoms with Crippen LogP contribution in [-0.2, 0) is 0 Å². The van der Waals surface area contributed by atoms with Crippen molar-refractivity contribution in [3.8, 4) is 17.2 Å². The normalized spacial score (nSPS) is 10.6. The molecule has 0 aliphatic heterocycles. The molecule has 121 valence electrons. The fourth-order valence-corrected chi connectivity index (χ4v) is 2.56. The van der Waals surface area contributed by atoms with Gasteiger partial charge in [0.05, 0.1) is 5.69 Å². The number of benzene rings is 2. The monoisotopic (exact) mass is 321 g/mol. The molecule has 0 aliphatic carbocycles. The third kappa shape index (κ3) is 2.88. The Morgan fingerprint density at radius 2 is 1.96 bits per heavy atom. The molecule has 24 heavy (non-hydrogen) atoms. The van der Waals surface area contributed by atoms with E-state index in [0.29, 0.717) is 28.0 Å². The lowest BCUT2D eigenvalue weighted by Crippen LogP contribution is -2.24. The van der Waals surface area contributed by atoms with Gasteiger partial charge in [-0.1, -0.05) is 30.3 Å². The van der Waals surface area contributed by atoms with Crippen molar-refractivity contribution in [1.82, 2.24) is 10.3 Å². The summed E-state index contributed by atoms with van der Waals surface area (Å²) < 4.78 is 5.91. The van der Waals surface area contributed by atoms with E-state index < -0.39 is 5.91 Å². The summed E-state index contributed by atoms with van der Waals surface area (Å²) in [7, 11) is 0. The first-order valence-corrected chi connectivity index (χ1v) is 7.54. The lowest BCUT2D eigenvalue weighted by molar-refractivity contribution is 0.0950. The van der Waals surface area contributed by atoms with Crippen molar-refractivity contribution >= 4 is 16.7 Å². The van der Waals surface area contributed by atoms with Gasteiger partial charge in [0.2, 0.25) is 0 Å². The fraction of sp³-hybridized carbons (Fsp3) is 0.105. The largest absolute Gasteiger partial charge is 0.505 e. The molecule has 0 saturated heterocycles. The number of carbonyl (C=O) groups is 1. The van der Waals surface area contributed by atoms with Gasteiger partial charge in [0, 0.05) is 17.3 Å². The van der Waals surface area contributed by atoms with Crippen LogP contribution in [-0.4, -0.2) is 22.5 Å². The molecular weight excluding hydrogens is 304 g/mol. The predicted molar refractivity (Wildman–Crippen MR) is 92.4 cm³/mol. The highest BCUT2D eigenvalue weighted by atomic mass is 16.5. The maximum Gasteiger partial charge on any atom is 0.273 e. The van der Waals surface area contributed by atoms with Gasteiger partial charge in [-0.2, -0.15) is 0 Å². The molecule has 5 heteroatoms. The summed E-state index contributed by atoms with van der Waals surface area (Å²) in [5.41, 5.74) is 0.587. The molecule has 5 nitrogen and oxygen atoms in total. The molecule has 0 atom stereocenters. The third-order valence-corrected chi connectivity index (χ3v) is 3.62. The molecule has 2 N–H and O–H groups in total. The minimum atomic E-state index is -0.457. The van der Waals surface area contributed by atoms with Crippen molar-refractivity contribution in [3.63, 3.8) is 0 Å². The van der Waals surface area contributed by atoms with Gasteiger partial charge in [0.1, 0.15) is 11.5 Å². The van der Waals surface area contributed by atoms with Crippen LogP contribution < -0.4 is 10.1 Å². The van der Waals surface area contributed by atoms with E-state index in [2.05, 4.69) is 17.2 Å². The van der Waals surface area contributed by atoms with Gasteiger partial charge >= 0.3 is 0 Å². The molecule has 1 aromatic heterocycles. The molecule has 1 radical (unpaired) electrons. The number of ether oxygens (including phenoxy) is 1. The molecule has 3 rings (SSSR count). The van der Waals surface area contributed by atoms with Crippen LogP contribution in [0.4, 0.5) is 0 Å². The zero-order chi connectivity index (χ0) is 17.1. The molecule has 0 spiro atoms. The molecule has 3 aromatic rings. The van der Waals surface area contributed by atoms with Crippen molar-refractivity contribution in [2.45, 2.75) is 6.92 Å². The summed E-state index contributed by atoms with van der Waals surface area (Å²) in [6.45, 7) is 5.56. The van der Waals surface area contributed by atoms with Crippen molar-refractivity contribution in [2.24, 2.45) is 0 Å². The van der Waals surface area contributed by atoms with E-state index >= 15 is 0 Å². The summed E-state index contributed by atoms with van der Waals surface area (Å²) in [6, 6.07) is 14.7. The second kappa shape index (κ2) is 6.58. The molecule has 1 amide bonds. The van der Waals surface area contributed by atoms with Crippen LogP contribution >= 0.6 is 0 Å². The molecule has 0 aliphatic rings. The number of aromatic nitrogens is 1. The highest BCUT2D eigenvalue weighted by molar-refractivity contribution is 6.04. The van der Waals surface area contributed by atoms with Crippen molar-refractivity contribution in [2.75, 3.05) is 6.54 Å². The van der Waals surface area contributed by atoms with E-state index in [9.17, 15) is 9.90 Å². The second-order valence-electron chi connectivity index (χ2n) is 5.24. The maximum atomic E-state index is 12.0. The van der Waals surface area contributed by atoms with Crippen LogP contribution in [0, 0.1) is 13.8 Å². The van der Waals surface area contributed by atoms with E-state index in [0.717, 1.165) is 0 Å². The number of para-hydroxylation sites is 1. The van der Waals surface area contributed by atoms with E-state index in [1.54, 1.807) is 25.1 Å². The molecule has 0 unspecified atom stereocenters. The average molecular weight is 321 g/mol. The van der Waals surface area contributed by atoms with Gasteiger partial charge < -0.3 is 15.2 Å². The van der Waals surface area contributed by atoms with E-state index in [1.165, 1.54) is 0 Å². The van der Waals surface area contributed by atoms with E-state index in [1.807, 2.05) is 30.3 Å². The lowest BCUT2D eigenvalue weighted by Gasteiger charge is -2.13. The Labute approximate surface area is 139 Å². The number of hydrogen-bond acceptors (Lipinski definition) is 4. The zero-order valence-electron chi connectivity index (χ0n) is 13.2. The lowest BCUT2D eigenvalue weighted by atomic mass is 10.1. The molecule has 0 bridgehead atoms. The van der Waals surface area contributed by atoms with Crippen LogP contribution in [0.5, 0.6) is 17.2 Å². The number of rotatable bonds is 4. The van der Waals surface area contributed by atoms with Crippen molar-refractivity contribution in [3.05, 3.63) is 66.8 Å². The predicted octanol–water partition coefficient (Wildman–Crippen LogP) is 3.61. The number of aromatic hydroxyl groups is 1. The van der Waals surface area contributed by atoms with Crippen LogP contribution in [0.1, 0.15) is 16.2 Å². The standard InChI is InChI=1S/C19H17N2O3/c1-3-20-19(23)17-18(22)14-10-7-11-15(16(14)12(2)21-17)24-13-8-5-4-6-9-13/h4-11,22H,1,3H2,2H3,(H,20,23). The van der Waals surface area contributed by atoms with Gasteiger partial charge in [-0.05, 0) is 32.0 Å². The number of pyridine rings is 1. The Kier molecular flexibility index (Phi) is 4.33. The third-order valence-electron chi connectivity index (χ3n) is 3.62. The number of aryl methyl sites for hydroxylation is 1. The molecule has 2 aromatic carbocycles. The SMILES string of the molecule is [CH2]CNC(=O)c1nc(C)c2c(Oc3ccccc3)cccc2c1O. The summed E-state index contributed by atoms with van der Waals surface area (Å²) in [6.07, 6.45) is 0. The maximum absolute atomic E-state index is 12.0. The first kappa shape index (κ1) is 15.8. The Hall–Kier alpha value is -3.08. The number of fused-ring (bicyclic) bond motifs is 1. The molecule has 1 heterocycles. The first-order chi connectivity index (χ1) is 11.6. The fourth-order valence-electron chi connectivity index (χ4n) is 2.56. The Bertz CT molecular complexity index is 892. The number of nitrogens with one attached hydrogen (secondary N) is 1. The minimum absolute atomic E-state index is 0.0134. The Balaban J connectivity index is 2.14. The number of amides is 1.